The summed E-state index contributed by atoms with van der Waals surface area (Å²) in [6.45, 7) is 9.29. The second-order valence-corrected chi connectivity index (χ2v) is 4.96. The van der Waals surface area contributed by atoms with E-state index in [2.05, 4.69) is 33.8 Å². The fourth-order valence-electron chi connectivity index (χ4n) is 2.59. The molecule has 4 heteroatoms. The van der Waals surface area contributed by atoms with Crippen molar-refractivity contribution >= 4 is 5.82 Å². The highest BCUT2D eigenvalue weighted by Crippen LogP contribution is 2.15. The average molecular weight is 248 g/mol. The van der Waals surface area contributed by atoms with Gasteiger partial charge in [-0.15, -0.1) is 0 Å². The molecule has 2 rings (SSSR count). The van der Waals surface area contributed by atoms with E-state index in [1.165, 1.54) is 0 Å². The number of pyridine rings is 1. The van der Waals surface area contributed by atoms with Crippen LogP contribution in [0, 0.1) is 6.92 Å². The summed E-state index contributed by atoms with van der Waals surface area (Å²) < 4.78 is 0. The summed E-state index contributed by atoms with van der Waals surface area (Å²) >= 11 is 0. The molecule has 0 saturated carbocycles. The molecule has 0 amide bonds. The molecular formula is C14H24N4. The van der Waals surface area contributed by atoms with Crippen molar-refractivity contribution in [1.29, 1.82) is 0 Å². The third-order valence-electron chi connectivity index (χ3n) is 3.77. The van der Waals surface area contributed by atoms with Gasteiger partial charge < -0.3 is 10.6 Å². The molecule has 0 bridgehead atoms. The average Bonchev–Trinajstić information content (AvgIpc) is 2.41. The minimum atomic E-state index is 0.539. The van der Waals surface area contributed by atoms with Gasteiger partial charge in [0, 0.05) is 44.5 Å². The highest BCUT2D eigenvalue weighted by Gasteiger charge is 2.22. The molecule has 0 radical (unpaired) electrons. The Labute approximate surface area is 110 Å². The Bertz CT molecular complexity index is 368. The normalized spacial score (nSPS) is 18.9. The van der Waals surface area contributed by atoms with Crippen LogP contribution in [0.4, 0.5) is 5.82 Å². The predicted octanol–water partition coefficient (Wildman–Crippen LogP) is 1.25. The van der Waals surface area contributed by atoms with Gasteiger partial charge in [0.05, 0.1) is 0 Å². The van der Waals surface area contributed by atoms with Crippen molar-refractivity contribution in [1.82, 2.24) is 9.88 Å². The van der Waals surface area contributed by atoms with Crippen LogP contribution in [0.25, 0.3) is 0 Å². The number of nitrogens with zero attached hydrogens (tertiary/aromatic N) is 3. The first-order valence-corrected chi connectivity index (χ1v) is 6.87. The SMILES string of the molecule is CCC(CN)N1CCN(c2cccc(C)n2)CC1. The zero-order valence-electron chi connectivity index (χ0n) is 11.5. The highest BCUT2D eigenvalue weighted by molar-refractivity contribution is 5.39. The molecule has 1 atom stereocenters. The van der Waals surface area contributed by atoms with Crippen LogP contribution in [0.2, 0.25) is 0 Å². The molecule has 1 unspecified atom stereocenters. The van der Waals surface area contributed by atoms with E-state index in [9.17, 15) is 0 Å². The zero-order chi connectivity index (χ0) is 13.0. The summed E-state index contributed by atoms with van der Waals surface area (Å²) in [5.41, 5.74) is 6.90. The fourth-order valence-corrected chi connectivity index (χ4v) is 2.59. The Morgan fingerprint density at radius 3 is 2.56 bits per heavy atom. The van der Waals surface area contributed by atoms with Gasteiger partial charge in [0.2, 0.25) is 0 Å². The number of nitrogens with two attached hydrogens (primary N) is 1. The third-order valence-corrected chi connectivity index (χ3v) is 3.77. The second kappa shape index (κ2) is 6.16. The molecule has 18 heavy (non-hydrogen) atoms. The maximum Gasteiger partial charge on any atom is 0.128 e. The number of anilines is 1. The molecule has 1 saturated heterocycles. The van der Waals surface area contributed by atoms with E-state index in [1.54, 1.807) is 0 Å². The number of aryl methyl sites for hydroxylation is 1. The second-order valence-electron chi connectivity index (χ2n) is 4.96. The summed E-state index contributed by atoms with van der Waals surface area (Å²) in [4.78, 5) is 9.46. The molecule has 2 N–H and O–H groups in total. The van der Waals surface area contributed by atoms with Gasteiger partial charge in [-0.1, -0.05) is 13.0 Å². The van der Waals surface area contributed by atoms with Gasteiger partial charge in [-0.3, -0.25) is 4.90 Å². The summed E-state index contributed by atoms with van der Waals surface area (Å²) in [5, 5.41) is 0. The number of rotatable bonds is 4. The first-order valence-electron chi connectivity index (χ1n) is 6.87. The Morgan fingerprint density at radius 1 is 1.28 bits per heavy atom. The van der Waals surface area contributed by atoms with E-state index in [0.29, 0.717) is 6.04 Å². The molecule has 100 valence electrons. The van der Waals surface area contributed by atoms with Crippen LogP contribution >= 0.6 is 0 Å². The van der Waals surface area contributed by atoms with Crippen molar-refractivity contribution in [2.24, 2.45) is 5.73 Å². The van der Waals surface area contributed by atoms with Crippen molar-refractivity contribution in [3.63, 3.8) is 0 Å². The van der Waals surface area contributed by atoms with E-state index in [4.69, 9.17) is 5.73 Å². The summed E-state index contributed by atoms with van der Waals surface area (Å²) in [7, 11) is 0. The fraction of sp³-hybridized carbons (Fsp3) is 0.643. The van der Waals surface area contributed by atoms with E-state index >= 15 is 0 Å². The van der Waals surface area contributed by atoms with Crippen molar-refractivity contribution in [3.8, 4) is 0 Å². The maximum atomic E-state index is 5.81. The lowest BCUT2D eigenvalue weighted by molar-refractivity contribution is 0.184. The van der Waals surface area contributed by atoms with Gasteiger partial charge in [-0.05, 0) is 25.5 Å². The van der Waals surface area contributed by atoms with Crippen LogP contribution in [-0.4, -0.2) is 48.6 Å². The van der Waals surface area contributed by atoms with Crippen molar-refractivity contribution in [3.05, 3.63) is 23.9 Å². The standard InChI is InChI=1S/C14H24N4/c1-3-13(11-15)17-7-9-18(10-8-17)14-6-4-5-12(2)16-14/h4-6,13H,3,7-11,15H2,1-2H3. The van der Waals surface area contributed by atoms with Crippen LogP contribution < -0.4 is 10.6 Å². The molecule has 0 aromatic carbocycles. The lowest BCUT2D eigenvalue weighted by atomic mass is 10.1. The Kier molecular flexibility index (Phi) is 4.55. The van der Waals surface area contributed by atoms with Crippen LogP contribution in [0.3, 0.4) is 0 Å². The van der Waals surface area contributed by atoms with Crippen molar-refractivity contribution in [2.45, 2.75) is 26.3 Å². The maximum absolute atomic E-state index is 5.81. The van der Waals surface area contributed by atoms with Gasteiger partial charge >= 0.3 is 0 Å². The van der Waals surface area contributed by atoms with Crippen LogP contribution in [0.1, 0.15) is 19.0 Å². The van der Waals surface area contributed by atoms with E-state index < -0.39 is 0 Å². The molecule has 1 fully saturated rings. The van der Waals surface area contributed by atoms with Gasteiger partial charge in [0.15, 0.2) is 0 Å². The van der Waals surface area contributed by atoms with Crippen LogP contribution in [0.5, 0.6) is 0 Å². The summed E-state index contributed by atoms with van der Waals surface area (Å²) in [6, 6.07) is 6.76. The van der Waals surface area contributed by atoms with E-state index in [0.717, 1.165) is 50.7 Å². The molecule has 1 aromatic heterocycles. The quantitative estimate of drug-likeness (QED) is 0.871. The number of hydrogen-bond acceptors (Lipinski definition) is 4. The topological polar surface area (TPSA) is 45.4 Å². The van der Waals surface area contributed by atoms with Crippen molar-refractivity contribution < 1.29 is 0 Å². The van der Waals surface area contributed by atoms with E-state index in [1.807, 2.05) is 13.0 Å². The van der Waals surface area contributed by atoms with Crippen LogP contribution in [-0.2, 0) is 0 Å². The summed E-state index contributed by atoms with van der Waals surface area (Å²) in [6.07, 6.45) is 1.14. The lowest BCUT2D eigenvalue weighted by Gasteiger charge is -2.39. The molecule has 0 aliphatic carbocycles. The Balaban J connectivity index is 1.94. The zero-order valence-corrected chi connectivity index (χ0v) is 11.5. The predicted molar refractivity (Wildman–Crippen MR) is 75.9 cm³/mol. The molecule has 0 spiro atoms. The minimum absolute atomic E-state index is 0.539. The van der Waals surface area contributed by atoms with Crippen LogP contribution in [0.15, 0.2) is 18.2 Å². The van der Waals surface area contributed by atoms with Gasteiger partial charge in [0.1, 0.15) is 5.82 Å². The monoisotopic (exact) mass is 248 g/mol. The first-order chi connectivity index (χ1) is 8.74. The number of piperazine rings is 1. The van der Waals surface area contributed by atoms with E-state index in [-0.39, 0.29) is 0 Å². The Morgan fingerprint density at radius 2 is 2.00 bits per heavy atom. The third kappa shape index (κ3) is 3.00. The first kappa shape index (κ1) is 13.3. The smallest absolute Gasteiger partial charge is 0.128 e. The lowest BCUT2D eigenvalue weighted by Crippen LogP contribution is -2.52. The van der Waals surface area contributed by atoms with Crippen molar-refractivity contribution in [2.75, 3.05) is 37.6 Å². The molecular weight excluding hydrogens is 224 g/mol. The minimum Gasteiger partial charge on any atom is -0.354 e. The molecule has 1 aromatic rings. The highest BCUT2D eigenvalue weighted by atomic mass is 15.3. The number of aromatic nitrogens is 1. The molecule has 4 nitrogen and oxygen atoms in total. The van der Waals surface area contributed by atoms with Gasteiger partial charge in [-0.25, -0.2) is 4.98 Å². The molecule has 1 aliphatic heterocycles. The Hall–Kier alpha value is -1.13. The van der Waals surface area contributed by atoms with Gasteiger partial charge in [-0.2, -0.15) is 0 Å². The summed E-state index contributed by atoms with van der Waals surface area (Å²) in [5.74, 6) is 1.11. The van der Waals surface area contributed by atoms with Gasteiger partial charge in [0.25, 0.3) is 0 Å². The molecule has 1 aliphatic rings. The number of hydrogen-bond donors (Lipinski definition) is 1. The largest absolute Gasteiger partial charge is 0.354 e. The molecule has 2 heterocycles.